The number of rotatable bonds is 6. The van der Waals surface area contributed by atoms with Gasteiger partial charge in [0.1, 0.15) is 0 Å². The van der Waals surface area contributed by atoms with Gasteiger partial charge in [-0.1, -0.05) is 32.3 Å². The molecule has 0 aromatic heterocycles. The van der Waals surface area contributed by atoms with E-state index in [9.17, 15) is 8.42 Å². The molecule has 0 spiro atoms. The Kier molecular flexibility index (Phi) is 5.00. The highest BCUT2D eigenvalue weighted by atomic mass is 32.2. The van der Waals surface area contributed by atoms with E-state index < -0.39 is 9.84 Å². The van der Waals surface area contributed by atoms with E-state index in [1.54, 1.807) is 25.1 Å². The zero-order valence-corrected chi connectivity index (χ0v) is 11.4. The summed E-state index contributed by atoms with van der Waals surface area (Å²) in [5.74, 6) is 0.220. The minimum atomic E-state index is -3.17. The molecule has 0 atom stereocenters. The van der Waals surface area contributed by atoms with Crippen LogP contribution in [-0.2, 0) is 9.84 Å². The molecule has 1 aromatic carbocycles. The van der Waals surface area contributed by atoms with E-state index in [-0.39, 0.29) is 5.75 Å². The molecule has 0 amide bonds. The fourth-order valence-corrected chi connectivity index (χ4v) is 3.46. The normalized spacial score (nSPS) is 11.6. The first kappa shape index (κ1) is 14.0. The van der Waals surface area contributed by atoms with Crippen LogP contribution in [0.3, 0.4) is 0 Å². The van der Waals surface area contributed by atoms with Crippen LogP contribution in [0.5, 0.6) is 0 Å². The highest BCUT2D eigenvalue weighted by Gasteiger charge is 2.16. The van der Waals surface area contributed by atoms with Gasteiger partial charge < -0.3 is 5.73 Å². The van der Waals surface area contributed by atoms with Crippen LogP contribution in [-0.4, -0.2) is 14.2 Å². The van der Waals surface area contributed by atoms with Crippen molar-refractivity contribution in [2.24, 2.45) is 0 Å². The number of aryl methyl sites for hydroxylation is 1. The predicted octanol–water partition coefficient (Wildman–Crippen LogP) is 2.93. The second-order valence-electron chi connectivity index (χ2n) is 4.40. The van der Waals surface area contributed by atoms with Gasteiger partial charge in [0.25, 0.3) is 0 Å². The molecule has 0 saturated carbocycles. The lowest BCUT2D eigenvalue weighted by Gasteiger charge is -2.08. The van der Waals surface area contributed by atoms with E-state index >= 15 is 0 Å². The third-order valence-corrected chi connectivity index (χ3v) is 4.75. The van der Waals surface area contributed by atoms with Crippen molar-refractivity contribution < 1.29 is 8.42 Å². The Morgan fingerprint density at radius 2 is 1.88 bits per heavy atom. The molecule has 0 aliphatic rings. The molecule has 2 N–H and O–H groups in total. The van der Waals surface area contributed by atoms with Crippen LogP contribution < -0.4 is 5.73 Å². The summed E-state index contributed by atoms with van der Waals surface area (Å²) in [6, 6.07) is 5.05. The number of nitrogens with two attached hydrogens (primary N) is 1. The standard InChI is InChI=1S/C13H21NO2S/c1-3-4-5-6-9-17(15,16)13-10-12(14)8-7-11(13)2/h7-8,10H,3-6,9,14H2,1-2H3. The Balaban J connectivity index is 2.79. The molecular weight excluding hydrogens is 234 g/mol. The molecule has 4 heteroatoms. The first-order valence-corrected chi connectivity index (χ1v) is 7.71. The molecule has 3 nitrogen and oxygen atoms in total. The number of hydrogen-bond donors (Lipinski definition) is 1. The monoisotopic (exact) mass is 255 g/mol. The van der Waals surface area contributed by atoms with Gasteiger partial charge in [0, 0.05) is 5.69 Å². The van der Waals surface area contributed by atoms with Crippen LogP contribution >= 0.6 is 0 Å². The summed E-state index contributed by atoms with van der Waals surface area (Å²) in [5.41, 5.74) is 6.91. The van der Waals surface area contributed by atoms with Gasteiger partial charge in [-0.15, -0.1) is 0 Å². The molecule has 0 aliphatic carbocycles. The second kappa shape index (κ2) is 6.05. The molecule has 0 heterocycles. The topological polar surface area (TPSA) is 60.2 Å². The van der Waals surface area contributed by atoms with E-state index in [0.29, 0.717) is 10.6 Å². The van der Waals surface area contributed by atoms with Gasteiger partial charge >= 0.3 is 0 Å². The number of nitrogen functional groups attached to an aromatic ring is 1. The van der Waals surface area contributed by atoms with Gasteiger partial charge in [0.05, 0.1) is 10.6 Å². The van der Waals surface area contributed by atoms with Crippen LogP contribution in [0.2, 0.25) is 0 Å². The minimum absolute atomic E-state index is 0.220. The van der Waals surface area contributed by atoms with Gasteiger partial charge in [0.15, 0.2) is 9.84 Å². The van der Waals surface area contributed by atoms with Gasteiger partial charge in [-0.05, 0) is 31.0 Å². The fraction of sp³-hybridized carbons (Fsp3) is 0.538. The second-order valence-corrected chi connectivity index (χ2v) is 6.48. The van der Waals surface area contributed by atoms with E-state index in [4.69, 9.17) is 5.73 Å². The number of anilines is 1. The average Bonchev–Trinajstić information content (AvgIpc) is 2.28. The highest BCUT2D eigenvalue weighted by molar-refractivity contribution is 7.91. The third kappa shape index (κ3) is 4.04. The van der Waals surface area contributed by atoms with Crippen molar-refractivity contribution in [3.63, 3.8) is 0 Å². The van der Waals surface area contributed by atoms with E-state index in [0.717, 1.165) is 31.2 Å². The molecule has 0 fully saturated rings. The first-order valence-electron chi connectivity index (χ1n) is 6.06. The number of benzene rings is 1. The van der Waals surface area contributed by atoms with E-state index in [2.05, 4.69) is 6.92 Å². The van der Waals surface area contributed by atoms with Crippen LogP contribution in [0.4, 0.5) is 5.69 Å². The van der Waals surface area contributed by atoms with Crippen molar-refractivity contribution in [3.05, 3.63) is 23.8 Å². The van der Waals surface area contributed by atoms with Gasteiger partial charge in [-0.25, -0.2) is 8.42 Å². The summed E-state index contributed by atoms with van der Waals surface area (Å²) in [5, 5.41) is 0. The maximum Gasteiger partial charge on any atom is 0.178 e. The Bertz CT molecular complexity index is 466. The van der Waals surface area contributed by atoms with Crippen LogP contribution in [0.25, 0.3) is 0 Å². The molecular formula is C13H21NO2S. The Hall–Kier alpha value is -1.03. The van der Waals surface area contributed by atoms with Crippen molar-refractivity contribution in [1.29, 1.82) is 0 Å². The zero-order valence-electron chi connectivity index (χ0n) is 10.6. The van der Waals surface area contributed by atoms with Crippen LogP contribution in [0, 0.1) is 6.92 Å². The molecule has 0 aliphatic heterocycles. The quantitative estimate of drug-likeness (QED) is 0.628. The Morgan fingerprint density at radius 3 is 2.53 bits per heavy atom. The SMILES string of the molecule is CCCCCCS(=O)(=O)c1cc(N)ccc1C. The van der Waals surface area contributed by atoms with Crippen molar-refractivity contribution in [2.75, 3.05) is 11.5 Å². The smallest absolute Gasteiger partial charge is 0.178 e. The molecule has 0 saturated heterocycles. The summed E-state index contributed by atoms with van der Waals surface area (Å²) >= 11 is 0. The molecule has 96 valence electrons. The van der Waals surface area contributed by atoms with Crippen LogP contribution in [0.15, 0.2) is 23.1 Å². The Morgan fingerprint density at radius 1 is 1.18 bits per heavy atom. The summed E-state index contributed by atoms with van der Waals surface area (Å²) in [4.78, 5) is 0.383. The molecule has 1 aromatic rings. The summed E-state index contributed by atoms with van der Waals surface area (Å²) < 4.78 is 24.2. The van der Waals surface area contributed by atoms with Gasteiger partial charge in [0.2, 0.25) is 0 Å². The number of unbranched alkanes of at least 4 members (excludes halogenated alkanes) is 3. The largest absolute Gasteiger partial charge is 0.399 e. The van der Waals surface area contributed by atoms with Gasteiger partial charge in [-0.3, -0.25) is 0 Å². The van der Waals surface area contributed by atoms with E-state index in [1.165, 1.54) is 0 Å². The fourth-order valence-electron chi connectivity index (χ4n) is 1.78. The molecule has 17 heavy (non-hydrogen) atoms. The summed E-state index contributed by atoms with van der Waals surface area (Å²) in [7, 11) is -3.17. The van der Waals surface area contributed by atoms with Crippen molar-refractivity contribution in [2.45, 2.75) is 44.4 Å². The summed E-state index contributed by atoms with van der Waals surface area (Å²) in [6.07, 6.45) is 3.89. The maximum atomic E-state index is 12.1. The highest BCUT2D eigenvalue weighted by Crippen LogP contribution is 2.20. The zero-order chi connectivity index (χ0) is 12.9. The average molecular weight is 255 g/mol. The van der Waals surface area contributed by atoms with E-state index in [1.807, 2.05) is 0 Å². The number of sulfone groups is 1. The molecule has 1 rings (SSSR count). The molecule has 0 unspecified atom stereocenters. The summed E-state index contributed by atoms with van der Waals surface area (Å²) in [6.45, 7) is 3.91. The first-order chi connectivity index (χ1) is 7.97. The van der Waals surface area contributed by atoms with Crippen LogP contribution in [0.1, 0.15) is 38.2 Å². The molecule has 0 bridgehead atoms. The lowest BCUT2D eigenvalue weighted by molar-refractivity contribution is 0.588. The lowest BCUT2D eigenvalue weighted by atomic mass is 10.2. The van der Waals surface area contributed by atoms with Crippen molar-refractivity contribution in [3.8, 4) is 0 Å². The Labute approximate surface area is 104 Å². The lowest BCUT2D eigenvalue weighted by Crippen LogP contribution is -2.09. The third-order valence-electron chi connectivity index (χ3n) is 2.81. The van der Waals surface area contributed by atoms with Crippen molar-refractivity contribution in [1.82, 2.24) is 0 Å². The molecule has 0 radical (unpaired) electrons. The minimum Gasteiger partial charge on any atom is -0.399 e. The maximum absolute atomic E-state index is 12.1. The van der Waals surface area contributed by atoms with Gasteiger partial charge in [-0.2, -0.15) is 0 Å². The number of hydrogen-bond acceptors (Lipinski definition) is 3. The van der Waals surface area contributed by atoms with Crippen molar-refractivity contribution >= 4 is 15.5 Å². The predicted molar refractivity (Wildman–Crippen MR) is 71.8 cm³/mol.